The summed E-state index contributed by atoms with van der Waals surface area (Å²) in [7, 11) is 0. The summed E-state index contributed by atoms with van der Waals surface area (Å²) in [4.78, 5) is 0. The minimum Gasteiger partial charge on any atom is -0.514 e. The summed E-state index contributed by atoms with van der Waals surface area (Å²) < 4.78 is 24.8. The Hall–Kier alpha value is -3.47. The number of nitrogens with zero attached hydrogens (tertiary/aromatic N) is 1. The zero-order valence-electron chi connectivity index (χ0n) is 19.4. The smallest absolute Gasteiger partial charge is 0.125 e. The highest BCUT2D eigenvalue weighted by Gasteiger charge is 2.48. The van der Waals surface area contributed by atoms with Gasteiger partial charge in [0.25, 0.3) is 0 Å². The normalized spacial score (nSPS) is 22.1. The third-order valence-electron chi connectivity index (χ3n) is 5.85. The molecule has 35 heavy (non-hydrogen) atoms. The van der Waals surface area contributed by atoms with Crippen LogP contribution in [0.3, 0.4) is 0 Å². The van der Waals surface area contributed by atoms with Crippen LogP contribution in [-0.2, 0) is 38.8 Å². The molecule has 1 heterocycles. The molecule has 6 nitrogen and oxygen atoms in total. The van der Waals surface area contributed by atoms with E-state index in [4.69, 9.17) is 18.9 Å². The van der Waals surface area contributed by atoms with Gasteiger partial charge in [0.05, 0.1) is 38.3 Å². The van der Waals surface area contributed by atoms with E-state index in [0.29, 0.717) is 19.8 Å². The highest BCUT2D eigenvalue weighted by Crippen LogP contribution is 2.32. The molecule has 1 N–H and O–H groups in total. The van der Waals surface area contributed by atoms with Crippen LogP contribution in [-0.4, -0.2) is 36.1 Å². The van der Waals surface area contributed by atoms with Crippen LogP contribution < -0.4 is 0 Å². The molecule has 4 atom stereocenters. The lowest BCUT2D eigenvalue weighted by atomic mass is 10.0. The van der Waals surface area contributed by atoms with Gasteiger partial charge < -0.3 is 24.1 Å². The number of aliphatic hydroxyl groups is 1. The van der Waals surface area contributed by atoms with Gasteiger partial charge in [0.1, 0.15) is 30.5 Å². The molecule has 3 aromatic carbocycles. The lowest BCUT2D eigenvalue weighted by Crippen LogP contribution is -2.39. The van der Waals surface area contributed by atoms with Crippen LogP contribution in [0, 0.1) is 11.3 Å². The molecule has 0 bridgehead atoms. The van der Waals surface area contributed by atoms with Gasteiger partial charge in [-0.2, -0.15) is 5.26 Å². The number of benzene rings is 3. The summed E-state index contributed by atoms with van der Waals surface area (Å²) in [5, 5.41) is 19.3. The van der Waals surface area contributed by atoms with E-state index in [2.05, 4.69) is 0 Å². The van der Waals surface area contributed by atoms with E-state index in [9.17, 15) is 10.4 Å². The fourth-order valence-electron chi connectivity index (χ4n) is 4.06. The Morgan fingerprint density at radius 2 is 1.26 bits per heavy atom. The van der Waals surface area contributed by atoms with Crippen LogP contribution in [0.4, 0.5) is 0 Å². The van der Waals surface area contributed by atoms with Crippen LogP contribution in [0.2, 0.25) is 0 Å². The Balaban J connectivity index is 1.52. The largest absolute Gasteiger partial charge is 0.514 e. The first-order valence-electron chi connectivity index (χ1n) is 11.6. The summed E-state index contributed by atoms with van der Waals surface area (Å²) >= 11 is 0. The second kappa shape index (κ2) is 12.8. The van der Waals surface area contributed by atoms with Gasteiger partial charge in [0, 0.05) is 0 Å². The standard InChI is InChI=1S/C29H29NO5/c30-16-25(17-31)27-29(34-20-24-14-8-3-9-15-24)28(33-19-23-12-6-2-7-13-23)26(35-27)21-32-18-22-10-4-1-5-11-22/h1-15,17,26-29,31H,18-21H2/b25-17+/t26?,27?,28-,29+/m1/s1. The van der Waals surface area contributed by atoms with E-state index in [1.54, 1.807) is 0 Å². The van der Waals surface area contributed by atoms with Crippen molar-refractivity contribution in [3.8, 4) is 6.07 Å². The predicted molar refractivity (Wildman–Crippen MR) is 131 cm³/mol. The second-order valence-electron chi connectivity index (χ2n) is 8.31. The summed E-state index contributed by atoms with van der Waals surface area (Å²) in [6.07, 6.45) is -1.60. The highest BCUT2D eigenvalue weighted by molar-refractivity contribution is 5.27. The van der Waals surface area contributed by atoms with E-state index in [0.717, 1.165) is 23.0 Å². The maximum absolute atomic E-state index is 9.70. The van der Waals surface area contributed by atoms with Crippen molar-refractivity contribution in [3.63, 3.8) is 0 Å². The minimum atomic E-state index is -0.778. The van der Waals surface area contributed by atoms with Crippen molar-refractivity contribution < 1.29 is 24.1 Å². The van der Waals surface area contributed by atoms with E-state index < -0.39 is 24.4 Å². The molecule has 0 aliphatic carbocycles. The van der Waals surface area contributed by atoms with Gasteiger partial charge >= 0.3 is 0 Å². The summed E-state index contributed by atoms with van der Waals surface area (Å²) in [5.74, 6) is 0. The molecule has 1 fully saturated rings. The summed E-state index contributed by atoms with van der Waals surface area (Å²) in [6.45, 7) is 1.35. The topological polar surface area (TPSA) is 80.9 Å². The molecule has 2 unspecified atom stereocenters. The SMILES string of the molecule is N#C/C(=C\O)C1OC(COCc2ccccc2)[C@@H](OCc2ccccc2)[C@H]1OCc1ccccc1. The Morgan fingerprint density at radius 1 is 0.771 bits per heavy atom. The Labute approximate surface area is 206 Å². The van der Waals surface area contributed by atoms with Crippen LogP contribution in [0.15, 0.2) is 103 Å². The number of nitriles is 1. The molecule has 1 aliphatic heterocycles. The number of ether oxygens (including phenoxy) is 4. The van der Waals surface area contributed by atoms with Crippen LogP contribution in [0.5, 0.6) is 0 Å². The fourth-order valence-corrected chi connectivity index (χ4v) is 4.06. The Bertz CT molecular complexity index is 1100. The molecule has 1 saturated heterocycles. The molecule has 4 rings (SSSR count). The molecule has 0 saturated carbocycles. The van der Waals surface area contributed by atoms with Crippen LogP contribution >= 0.6 is 0 Å². The zero-order valence-corrected chi connectivity index (χ0v) is 19.4. The van der Waals surface area contributed by atoms with Crippen LogP contribution in [0.1, 0.15) is 16.7 Å². The molecular formula is C29H29NO5. The second-order valence-corrected chi connectivity index (χ2v) is 8.31. The molecule has 6 heteroatoms. The molecular weight excluding hydrogens is 442 g/mol. The van der Waals surface area contributed by atoms with Crippen LogP contribution in [0.25, 0.3) is 0 Å². The quantitative estimate of drug-likeness (QED) is 0.309. The van der Waals surface area contributed by atoms with Crippen molar-refractivity contribution in [3.05, 3.63) is 120 Å². The molecule has 1 aliphatic rings. The molecule has 0 spiro atoms. The van der Waals surface area contributed by atoms with Gasteiger partial charge in [-0.15, -0.1) is 0 Å². The third-order valence-corrected chi connectivity index (χ3v) is 5.85. The number of hydrogen-bond donors (Lipinski definition) is 1. The average molecular weight is 472 g/mol. The van der Waals surface area contributed by atoms with Crippen molar-refractivity contribution in [2.45, 2.75) is 44.2 Å². The van der Waals surface area contributed by atoms with E-state index in [-0.39, 0.29) is 12.2 Å². The number of hydrogen-bond acceptors (Lipinski definition) is 6. The van der Waals surface area contributed by atoms with Crippen molar-refractivity contribution in [1.29, 1.82) is 5.26 Å². The molecule has 0 radical (unpaired) electrons. The van der Waals surface area contributed by atoms with Gasteiger partial charge in [0.2, 0.25) is 0 Å². The Morgan fingerprint density at radius 3 is 1.74 bits per heavy atom. The maximum atomic E-state index is 9.70. The van der Waals surface area contributed by atoms with Crippen molar-refractivity contribution in [1.82, 2.24) is 0 Å². The minimum absolute atomic E-state index is 0.0851. The molecule has 0 aromatic heterocycles. The number of rotatable bonds is 11. The number of aliphatic hydroxyl groups excluding tert-OH is 1. The summed E-state index contributed by atoms with van der Waals surface area (Å²) in [5.41, 5.74) is 3.14. The molecule has 3 aromatic rings. The van der Waals surface area contributed by atoms with Gasteiger partial charge in [-0.25, -0.2) is 0 Å². The molecule has 0 amide bonds. The zero-order chi connectivity index (χ0) is 24.3. The van der Waals surface area contributed by atoms with Crippen molar-refractivity contribution >= 4 is 0 Å². The van der Waals surface area contributed by atoms with E-state index in [1.165, 1.54) is 0 Å². The van der Waals surface area contributed by atoms with Crippen molar-refractivity contribution in [2.75, 3.05) is 6.61 Å². The van der Waals surface area contributed by atoms with Crippen molar-refractivity contribution in [2.24, 2.45) is 0 Å². The van der Waals surface area contributed by atoms with Gasteiger partial charge in [-0.3, -0.25) is 0 Å². The Kier molecular flexibility index (Phi) is 9.04. The third kappa shape index (κ3) is 6.78. The lowest BCUT2D eigenvalue weighted by molar-refractivity contribution is -0.0896. The predicted octanol–water partition coefficient (Wildman–Crippen LogP) is 5.11. The van der Waals surface area contributed by atoms with E-state index in [1.807, 2.05) is 97.1 Å². The average Bonchev–Trinajstić information content (AvgIpc) is 3.25. The van der Waals surface area contributed by atoms with E-state index >= 15 is 0 Å². The first-order chi connectivity index (χ1) is 17.3. The maximum Gasteiger partial charge on any atom is 0.125 e. The van der Waals surface area contributed by atoms with Gasteiger partial charge in [-0.05, 0) is 16.7 Å². The first kappa shape index (κ1) is 24.6. The fraction of sp³-hybridized carbons (Fsp3) is 0.276. The lowest BCUT2D eigenvalue weighted by Gasteiger charge is -2.25. The first-order valence-corrected chi connectivity index (χ1v) is 11.6. The van der Waals surface area contributed by atoms with Gasteiger partial charge in [-0.1, -0.05) is 91.0 Å². The summed E-state index contributed by atoms with van der Waals surface area (Å²) in [6, 6.07) is 31.5. The highest BCUT2D eigenvalue weighted by atomic mass is 16.6. The van der Waals surface area contributed by atoms with Gasteiger partial charge in [0.15, 0.2) is 0 Å². The monoisotopic (exact) mass is 471 g/mol. The molecule has 180 valence electrons.